The Balaban J connectivity index is 1.48. The number of nitrogens with one attached hydrogen (secondary N) is 1. The molecule has 1 N–H and O–H groups in total. The summed E-state index contributed by atoms with van der Waals surface area (Å²) in [6.07, 6.45) is -0.738. The highest BCUT2D eigenvalue weighted by atomic mass is 32.1. The van der Waals surface area contributed by atoms with Gasteiger partial charge in [0, 0.05) is 17.0 Å². The molecule has 0 aliphatic carbocycles. The van der Waals surface area contributed by atoms with E-state index in [0.717, 1.165) is 5.56 Å². The third kappa shape index (κ3) is 3.59. The molecule has 0 bridgehead atoms. The molecule has 0 saturated carbocycles. The highest BCUT2D eigenvalue weighted by Crippen LogP contribution is 2.35. The van der Waals surface area contributed by atoms with Gasteiger partial charge in [0.25, 0.3) is 5.91 Å². The average Bonchev–Trinajstić information content (AvgIpc) is 3.21. The van der Waals surface area contributed by atoms with Crippen LogP contribution < -0.4 is 24.3 Å². The molecule has 7 nitrogen and oxygen atoms in total. The second-order valence-electron chi connectivity index (χ2n) is 5.96. The van der Waals surface area contributed by atoms with E-state index >= 15 is 0 Å². The maximum absolute atomic E-state index is 12.5. The fraction of sp³-hybridized carbons (Fsp3) is 0.200. The van der Waals surface area contributed by atoms with E-state index in [1.54, 1.807) is 32.4 Å². The predicted octanol–water partition coefficient (Wildman–Crippen LogP) is 3.61. The summed E-state index contributed by atoms with van der Waals surface area (Å²) in [5.74, 6) is 2.21. The number of benzene rings is 2. The molecule has 4 rings (SSSR count). The van der Waals surface area contributed by atoms with Crippen molar-refractivity contribution >= 4 is 22.4 Å². The van der Waals surface area contributed by atoms with Gasteiger partial charge in [-0.05, 0) is 24.3 Å². The van der Waals surface area contributed by atoms with Crippen LogP contribution in [-0.4, -0.2) is 37.8 Å². The number of hydrogen-bond acceptors (Lipinski definition) is 7. The maximum atomic E-state index is 12.5. The van der Waals surface area contributed by atoms with Crippen molar-refractivity contribution in [1.82, 2.24) is 4.98 Å². The first-order chi connectivity index (χ1) is 13.7. The lowest BCUT2D eigenvalue weighted by Gasteiger charge is -2.25. The fourth-order valence-electron chi connectivity index (χ4n) is 2.80. The molecule has 2 heterocycles. The summed E-state index contributed by atoms with van der Waals surface area (Å²) in [7, 11) is 3.19. The number of fused-ring (bicyclic) bond motifs is 1. The van der Waals surface area contributed by atoms with Crippen LogP contribution in [0.2, 0.25) is 0 Å². The number of nitrogens with zero attached hydrogens (tertiary/aromatic N) is 1. The number of rotatable bonds is 5. The summed E-state index contributed by atoms with van der Waals surface area (Å²) >= 11 is 1.33. The molecule has 8 heteroatoms. The summed E-state index contributed by atoms with van der Waals surface area (Å²) in [5, 5.41) is 5.12. The first-order valence-electron chi connectivity index (χ1n) is 8.55. The van der Waals surface area contributed by atoms with Gasteiger partial charge in [0.05, 0.1) is 19.9 Å². The molecule has 0 radical (unpaired) electrons. The van der Waals surface area contributed by atoms with Gasteiger partial charge >= 0.3 is 0 Å². The molecule has 1 aliphatic rings. The van der Waals surface area contributed by atoms with E-state index in [9.17, 15) is 4.79 Å². The van der Waals surface area contributed by atoms with Gasteiger partial charge in [-0.25, -0.2) is 4.98 Å². The second-order valence-corrected chi connectivity index (χ2v) is 6.82. The Bertz CT molecular complexity index is 1000. The molecular formula is C20H18N2O5S. The van der Waals surface area contributed by atoms with Crippen molar-refractivity contribution in [2.45, 2.75) is 6.10 Å². The largest absolute Gasteiger partial charge is 0.497 e. The zero-order valence-corrected chi connectivity index (χ0v) is 16.1. The fourth-order valence-corrected chi connectivity index (χ4v) is 3.51. The number of methoxy groups -OCH3 is 2. The van der Waals surface area contributed by atoms with Gasteiger partial charge in [-0.15, -0.1) is 11.3 Å². The molecular weight excluding hydrogens is 380 g/mol. The van der Waals surface area contributed by atoms with E-state index < -0.39 is 6.10 Å². The number of carbonyl (C=O) groups excluding carboxylic acids is 1. The molecule has 1 aromatic heterocycles. The normalized spacial score (nSPS) is 15.0. The summed E-state index contributed by atoms with van der Waals surface area (Å²) < 4.78 is 22.0. The lowest BCUT2D eigenvalue weighted by Crippen LogP contribution is -2.40. The summed E-state index contributed by atoms with van der Waals surface area (Å²) in [4.78, 5) is 17.0. The lowest BCUT2D eigenvalue weighted by molar-refractivity contribution is -0.125. The zero-order chi connectivity index (χ0) is 19.5. The number of aromatic nitrogens is 1. The van der Waals surface area contributed by atoms with Gasteiger partial charge in [0.2, 0.25) is 6.10 Å². The molecule has 28 heavy (non-hydrogen) atoms. The molecule has 1 unspecified atom stereocenters. The zero-order valence-electron chi connectivity index (χ0n) is 15.3. The van der Waals surface area contributed by atoms with Crippen molar-refractivity contribution in [1.29, 1.82) is 0 Å². The van der Waals surface area contributed by atoms with Crippen LogP contribution in [0.25, 0.3) is 11.3 Å². The van der Waals surface area contributed by atoms with Crippen molar-refractivity contribution < 1.29 is 23.7 Å². The Morgan fingerprint density at radius 3 is 2.79 bits per heavy atom. The second kappa shape index (κ2) is 7.77. The number of hydrogen-bond donors (Lipinski definition) is 1. The Labute approximate surface area is 165 Å². The Kier molecular flexibility index (Phi) is 5.03. The van der Waals surface area contributed by atoms with Gasteiger partial charge in [0.1, 0.15) is 18.1 Å². The van der Waals surface area contributed by atoms with Gasteiger partial charge in [-0.2, -0.15) is 0 Å². The van der Waals surface area contributed by atoms with Gasteiger partial charge < -0.3 is 18.9 Å². The Morgan fingerprint density at radius 1 is 1.18 bits per heavy atom. The van der Waals surface area contributed by atoms with Crippen molar-refractivity contribution in [3.05, 3.63) is 47.8 Å². The molecule has 0 saturated heterocycles. The van der Waals surface area contributed by atoms with Crippen LogP contribution in [0.15, 0.2) is 47.8 Å². The molecule has 0 spiro atoms. The molecule has 0 fully saturated rings. The Morgan fingerprint density at radius 2 is 2.00 bits per heavy atom. The predicted molar refractivity (Wildman–Crippen MR) is 106 cm³/mol. The number of anilines is 1. The van der Waals surface area contributed by atoms with E-state index in [2.05, 4.69) is 10.3 Å². The third-order valence-corrected chi connectivity index (χ3v) is 4.98. The van der Waals surface area contributed by atoms with E-state index in [-0.39, 0.29) is 12.5 Å². The minimum atomic E-state index is -0.738. The van der Waals surface area contributed by atoms with Crippen molar-refractivity contribution in [3.63, 3.8) is 0 Å². The van der Waals surface area contributed by atoms with Gasteiger partial charge in [-0.1, -0.05) is 12.1 Å². The topological polar surface area (TPSA) is 78.9 Å². The van der Waals surface area contributed by atoms with Gasteiger partial charge in [0.15, 0.2) is 16.6 Å². The molecule has 1 amide bonds. The van der Waals surface area contributed by atoms with Crippen LogP contribution >= 0.6 is 11.3 Å². The first-order valence-corrected chi connectivity index (χ1v) is 9.43. The standard InChI is InChI=1S/C20H18N2O5S/c1-24-12-7-8-13(17(9-12)25-2)14-11-28-20(21-14)22-19(23)18-10-26-15-5-3-4-6-16(15)27-18/h3-9,11,18H,10H2,1-2H3,(H,21,22,23). The van der Waals surface area contributed by atoms with E-state index in [1.165, 1.54) is 11.3 Å². The smallest absolute Gasteiger partial charge is 0.270 e. The highest BCUT2D eigenvalue weighted by Gasteiger charge is 2.28. The number of para-hydroxylation sites is 2. The molecule has 2 aromatic carbocycles. The van der Waals surface area contributed by atoms with Crippen LogP contribution in [0.3, 0.4) is 0 Å². The Hall–Kier alpha value is -3.26. The van der Waals surface area contributed by atoms with E-state index in [4.69, 9.17) is 18.9 Å². The van der Waals surface area contributed by atoms with Gasteiger partial charge in [-0.3, -0.25) is 10.1 Å². The minimum Gasteiger partial charge on any atom is -0.497 e. The van der Waals surface area contributed by atoms with Crippen LogP contribution in [0.4, 0.5) is 5.13 Å². The molecule has 144 valence electrons. The SMILES string of the molecule is COc1ccc(-c2csc(NC(=O)C3COc4ccccc4O3)n2)c(OC)c1. The van der Waals surface area contributed by atoms with Crippen LogP contribution in [-0.2, 0) is 4.79 Å². The molecule has 1 atom stereocenters. The van der Waals surface area contributed by atoms with E-state index in [1.807, 2.05) is 29.6 Å². The number of ether oxygens (including phenoxy) is 4. The van der Waals surface area contributed by atoms with Crippen LogP contribution in [0, 0.1) is 0 Å². The molecule has 3 aromatic rings. The van der Waals surface area contributed by atoms with Crippen molar-refractivity contribution in [2.75, 3.05) is 26.1 Å². The van der Waals surface area contributed by atoms with E-state index in [0.29, 0.717) is 33.8 Å². The maximum Gasteiger partial charge on any atom is 0.270 e. The van der Waals surface area contributed by atoms with Crippen molar-refractivity contribution in [3.8, 4) is 34.3 Å². The van der Waals surface area contributed by atoms with Crippen LogP contribution in [0.5, 0.6) is 23.0 Å². The number of thiazole rings is 1. The summed E-state index contributed by atoms with van der Waals surface area (Å²) in [6.45, 7) is 0.146. The summed E-state index contributed by atoms with van der Waals surface area (Å²) in [5.41, 5.74) is 1.51. The molecule has 1 aliphatic heterocycles. The van der Waals surface area contributed by atoms with Crippen molar-refractivity contribution in [2.24, 2.45) is 0 Å². The average molecular weight is 398 g/mol. The monoisotopic (exact) mass is 398 g/mol. The summed E-state index contributed by atoms with van der Waals surface area (Å²) in [6, 6.07) is 12.8. The lowest BCUT2D eigenvalue weighted by atomic mass is 10.1. The number of amides is 1. The first kappa shape index (κ1) is 18.1. The highest BCUT2D eigenvalue weighted by molar-refractivity contribution is 7.14. The van der Waals surface area contributed by atoms with Crippen LogP contribution in [0.1, 0.15) is 0 Å². The minimum absolute atomic E-state index is 0.146. The quantitative estimate of drug-likeness (QED) is 0.707. The third-order valence-electron chi connectivity index (χ3n) is 4.22. The number of carbonyl (C=O) groups is 1.